The van der Waals surface area contributed by atoms with Gasteiger partial charge in [-0.2, -0.15) is 0 Å². The summed E-state index contributed by atoms with van der Waals surface area (Å²) in [5.41, 5.74) is 2.60. The molecule has 162 valence electrons. The van der Waals surface area contributed by atoms with Crippen LogP contribution in [0.15, 0.2) is 78.6 Å². The van der Waals surface area contributed by atoms with Crippen molar-refractivity contribution in [2.45, 2.75) is 6.04 Å². The van der Waals surface area contributed by atoms with Gasteiger partial charge in [-0.15, -0.1) is 0 Å². The summed E-state index contributed by atoms with van der Waals surface area (Å²) in [6, 6.07) is 16.7. The summed E-state index contributed by atoms with van der Waals surface area (Å²) >= 11 is 0. The number of hydrogen-bond donors (Lipinski definition) is 1. The van der Waals surface area contributed by atoms with E-state index in [1.807, 2.05) is 31.1 Å². The molecule has 1 unspecified atom stereocenters. The van der Waals surface area contributed by atoms with Gasteiger partial charge in [0, 0.05) is 43.4 Å². The van der Waals surface area contributed by atoms with Crippen LogP contribution in [-0.4, -0.2) is 43.0 Å². The van der Waals surface area contributed by atoms with Gasteiger partial charge in [-0.05, 0) is 54.1 Å². The molecular formula is C25H23N3O4. The van der Waals surface area contributed by atoms with E-state index in [9.17, 15) is 14.7 Å². The summed E-state index contributed by atoms with van der Waals surface area (Å²) in [5.74, 6) is -1.17. The fourth-order valence-corrected chi connectivity index (χ4v) is 3.80. The Labute approximate surface area is 186 Å². The van der Waals surface area contributed by atoms with Gasteiger partial charge < -0.3 is 14.7 Å². The van der Waals surface area contributed by atoms with Crippen molar-refractivity contribution in [3.63, 3.8) is 0 Å². The van der Waals surface area contributed by atoms with Gasteiger partial charge in [0.15, 0.2) is 0 Å². The Bertz CT molecular complexity index is 1190. The standard InChI is InChI=1S/C25H23N3O4/c1-27(2)18-7-9-19(10-8-18)28-22(16-11-13-26-14-12-16)21(24(30)25(28)31)23(29)17-5-4-6-20(15-17)32-3/h4-15,22,29H,1-3H3/b23-21+. The molecule has 0 spiro atoms. The fourth-order valence-electron chi connectivity index (χ4n) is 3.80. The van der Waals surface area contributed by atoms with Gasteiger partial charge in [-0.25, -0.2) is 0 Å². The maximum atomic E-state index is 13.2. The van der Waals surface area contributed by atoms with Crippen LogP contribution >= 0.6 is 0 Å². The third kappa shape index (κ3) is 3.69. The van der Waals surface area contributed by atoms with Gasteiger partial charge in [-0.1, -0.05) is 12.1 Å². The Kier molecular flexibility index (Phi) is 5.64. The van der Waals surface area contributed by atoms with Crippen LogP contribution in [0.5, 0.6) is 5.75 Å². The monoisotopic (exact) mass is 429 g/mol. The second-order valence-corrected chi connectivity index (χ2v) is 7.59. The van der Waals surface area contributed by atoms with Crippen molar-refractivity contribution in [3.8, 4) is 5.75 Å². The summed E-state index contributed by atoms with van der Waals surface area (Å²) in [6.07, 6.45) is 3.19. The topological polar surface area (TPSA) is 83.0 Å². The van der Waals surface area contributed by atoms with Crippen molar-refractivity contribution in [1.82, 2.24) is 4.98 Å². The zero-order chi connectivity index (χ0) is 22.8. The lowest BCUT2D eigenvalue weighted by Gasteiger charge is -2.26. The number of carbonyl (C=O) groups excluding carboxylic acids is 2. The highest BCUT2D eigenvalue weighted by Gasteiger charge is 2.47. The number of rotatable bonds is 5. The van der Waals surface area contributed by atoms with Crippen LogP contribution in [0.25, 0.3) is 5.76 Å². The molecule has 2 heterocycles. The lowest BCUT2D eigenvalue weighted by molar-refractivity contribution is -0.132. The normalized spacial score (nSPS) is 17.5. The molecule has 0 aliphatic carbocycles. The van der Waals surface area contributed by atoms with Crippen LogP contribution in [0, 0.1) is 0 Å². The molecule has 1 saturated heterocycles. The summed E-state index contributed by atoms with van der Waals surface area (Å²) in [7, 11) is 5.37. The summed E-state index contributed by atoms with van der Waals surface area (Å²) in [5, 5.41) is 11.1. The number of aliphatic hydroxyl groups excluding tert-OH is 1. The van der Waals surface area contributed by atoms with Crippen molar-refractivity contribution in [2.24, 2.45) is 0 Å². The third-order valence-corrected chi connectivity index (χ3v) is 5.45. The van der Waals surface area contributed by atoms with Gasteiger partial charge >= 0.3 is 0 Å². The number of carbonyl (C=O) groups is 2. The number of nitrogens with zero attached hydrogens (tertiary/aromatic N) is 3. The lowest BCUT2D eigenvalue weighted by atomic mass is 9.95. The summed E-state index contributed by atoms with van der Waals surface area (Å²) in [4.78, 5) is 33.7. The maximum absolute atomic E-state index is 13.2. The van der Waals surface area contributed by atoms with Gasteiger partial charge in [0.1, 0.15) is 11.5 Å². The quantitative estimate of drug-likeness (QED) is 0.378. The molecule has 1 N–H and O–H groups in total. The number of methoxy groups -OCH3 is 1. The average Bonchev–Trinajstić information content (AvgIpc) is 3.09. The highest BCUT2D eigenvalue weighted by atomic mass is 16.5. The third-order valence-electron chi connectivity index (χ3n) is 5.45. The molecule has 7 heteroatoms. The minimum atomic E-state index is -0.797. The van der Waals surface area contributed by atoms with Crippen molar-refractivity contribution >= 4 is 28.8 Å². The Hall–Kier alpha value is -4.13. The number of anilines is 2. The molecule has 3 aromatic rings. The van der Waals surface area contributed by atoms with Crippen molar-refractivity contribution in [3.05, 3.63) is 89.8 Å². The minimum absolute atomic E-state index is 0.0196. The predicted molar refractivity (Wildman–Crippen MR) is 123 cm³/mol. The maximum Gasteiger partial charge on any atom is 0.300 e. The van der Waals surface area contributed by atoms with Gasteiger partial charge in [0.25, 0.3) is 11.7 Å². The van der Waals surface area contributed by atoms with E-state index in [4.69, 9.17) is 4.74 Å². The summed E-state index contributed by atoms with van der Waals surface area (Å²) in [6.45, 7) is 0. The number of amides is 1. The van der Waals surface area contributed by atoms with Crippen molar-refractivity contribution < 1.29 is 19.4 Å². The predicted octanol–water partition coefficient (Wildman–Crippen LogP) is 3.78. The Balaban J connectivity index is 1.90. The number of hydrogen-bond acceptors (Lipinski definition) is 6. The van der Waals surface area contributed by atoms with E-state index in [0.29, 0.717) is 22.6 Å². The first-order valence-corrected chi connectivity index (χ1v) is 10.0. The largest absolute Gasteiger partial charge is 0.507 e. The number of pyridine rings is 1. The van der Waals surface area contributed by atoms with E-state index in [1.54, 1.807) is 60.9 Å². The average molecular weight is 429 g/mol. The minimum Gasteiger partial charge on any atom is -0.507 e. The molecule has 1 fully saturated rings. The van der Waals surface area contributed by atoms with Crippen LogP contribution in [-0.2, 0) is 9.59 Å². The van der Waals surface area contributed by atoms with Crippen LogP contribution < -0.4 is 14.5 Å². The first-order chi connectivity index (χ1) is 15.4. The molecule has 4 rings (SSSR count). The van der Waals surface area contributed by atoms with Crippen LogP contribution in [0.3, 0.4) is 0 Å². The molecule has 1 aromatic heterocycles. The smallest absolute Gasteiger partial charge is 0.300 e. The number of aromatic nitrogens is 1. The molecule has 0 bridgehead atoms. The fraction of sp³-hybridized carbons (Fsp3) is 0.160. The van der Waals surface area contributed by atoms with E-state index in [1.165, 1.54) is 12.0 Å². The molecule has 0 saturated carbocycles. The molecule has 1 aliphatic rings. The molecule has 1 atom stereocenters. The van der Waals surface area contributed by atoms with E-state index in [-0.39, 0.29) is 11.3 Å². The summed E-state index contributed by atoms with van der Waals surface area (Å²) < 4.78 is 5.24. The Morgan fingerprint density at radius 3 is 2.34 bits per heavy atom. The second kappa shape index (κ2) is 8.55. The second-order valence-electron chi connectivity index (χ2n) is 7.59. The van der Waals surface area contributed by atoms with Crippen LogP contribution in [0.2, 0.25) is 0 Å². The Morgan fingerprint density at radius 1 is 1.03 bits per heavy atom. The number of ether oxygens (including phenoxy) is 1. The molecule has 1 amide bonds. The van der Waals surface area contributed by atoms with Gasteiger partial charge in [0.05, 0.1) is 18.7 Å². The van der Waals surface area contributed by atoms with Crippen molar-refractivity contribution in [2.75, 3.05) is 31.0 Å². The highest BCUT2D eigenvalue weighted by molar-refractivity contribution is 6.51. The van der Waals surface area contributed by atoms with E-state index in [2.05, 4.69) is 4.98 Å². The highest BCUT2D eigenvalue weighted by Crippen LogP contribution is 2.42. The number of aliphatic hydroxyl groups is 1. The van der Waals surface area contributed by atoms with Gasteiger partial charge in [0.2, 0.25) is 0 Å². The van der Waals surface area contributed by atoms with Gasteiger partial charge in [-0.3, -0.25) is 19.5 Å². The van der Waals surface area contributed by atoms with E-state index >= 15 is 0 Å². The number of benzene rings is 2. The Morgan fingerprint density at radius 2 is 1.72 bits per heavy atom. The SMILES string of the molecule is COc1cccc(/C(O)=C2\C(=O)C(=O)N(c3ccc(N(C)C)cc3)C2c2ccncc2)c1. The van der Waals surface area contributed by atoms with Crippen molar-refractivity contribution in [1.29, 1.82) is 0 Å². The lowest BCUT2D eigenvalue weighted by Crippen LogP contribution is -2.29. The first kappa shape index (κ1) is 21.1. The number of ketones is 1. The molecule has 1 aliphatic heterocycles. The number of Topliss-reactive ketones (excluding diaryl/α,β-unsaturated/α-hetero) is 1. The first-order valence-electron chi connectivity index (χ1n) is 10.0. The van der Waals surface area contributed by atoms with E-state index in [0.717, 1.165) is 5.69 Å². The molecule has 2 aromatic carbocycles. The van der Waals surface area contributed by atoms with Crippen LogP contribution in [0.1, 0.15) is 17.2 Å². The molecular weight excluding hydrogens is 406 g/mol. The zero-order valence-corrected chi connectivity index (χ0v) is 18.0. The molecule has 0 radical (unpaired) electrons. The zero-order valence-electron chi connectivity index (χ0n) is 18.0. The van der Waals surface area contributed by atoms with E-state index < -0.39 is 17.7 Å². The molecule has 7 nitrogen and oxygen atoms in total. The van der Waals surface area contributed by atoms with Crippen LogP contribution in [0.4, 0.5) is 11.4 Å². The molecule has 32 heavy (non-hydrogen) atoms.